The van der Waals surface area contributed by atoms with Gasteiger partial charge in [0.15, 0.2) is 0 Å². The molecule has 0 atom stereocenters. The van der Waals surface area contributed by atoms with Crippen molar-refractivity contribution in [3.8, 4) is 6.07 Å². The first kappa shape index (κ1) is 19.9. The Kier molecular flexibility index (Phi) is 5.42. The number of nitriles is 1. The van der Waals surface area contributed by atoms with E-state index >= 15 is 0 Å². The third-order valence-electron chi connectivity index (χ3n) is 5.38. The summed E-state index contributed by atoms with van der Waals surface area (Å²) in [6, 6.07) is 13.4. The van der Waals surface area contributed by atoms with E-state index in [1.165, 1.54) is 10.8 Å². The number of piperazine rings is 1. The van der Waals surface area contributed by atoms with Crippen molar-refractivity contribution in [2.45, 2.75) is 13.5 Å². The van der Waals surface area contributed by atoms with Gasteiger partial charge in [-0.05, 0) is 11.6 Å². The van der Waals surface area contributed by atoms with Gasteiger partial charge >= 0.3 is 0 Å². The Morgan fingerprint density at radius 1 is 1.20 bits per heavy atom. The molecule has 3 aromatic rings. The first-order chi connectivity index (χ1) is 14.5. The second-order valence-corrected chi connectivity index (χ2v) is 7.67. The highest BCUT2D eigenvalue weighted by molar-refractivity contribution is 6.31. The number of carbonyl (C=O) groups excluding carboxylic acids is 1. The number of fused-ring (bicyclic) bond motifs is 1. The van der Waals surface area contributed by atoms with Crippen molar-refractivity contribution in [2.24, 2.45) is 0 Å². The van der Waals surface area contributed by atoms with E-state index in [1.54, 1.807) is 17.9 Å². The predicted octanol–water partition coefficient (Wildman–Crippen LogP) is 2.64. The molecule has 1 aliphatic heterocycles. The molecule has 8 heteroatoms. The van der Waals surface area contributed by atoms with E-state index in [0.29, 0.717) is 54.5 Å². The summed E-state index contributed by atoms with van der Waals surface area (Å²) in [6.07, 6.45) is 1.51. The molecule has 0 N–H and O–H groups in total. The lowest BCUT2D eigenvalue weighted by molar-refractivity contribution is -0.129. The van der Waals surface area contributed by atoms with Crippen LogP contribution in [0.4, 0.5) is 5.69 Å². The number of nitrogens with zero attached hydrogens (tertiary/aromatic N) is 5. The second kappa shape index (κ2) is 8.17. The molecule has 1 aliphatic rings. The lowest BCUT2D eigenvalue weighted by Gasteiger charge is -2.36. The number of pyridine rings is 2. The van der Waals surface area contributed by atoms with Crippen molar-refractivity contribution in [2.75, 3.05) is 31.1 Å². The van der Waals surface area contributed by atoms with Gasteiger partial charge in [-0.2, -0.15) is 5.26 Å². The van der Waals surface area contributed by atoms with Gasteiger partial charge in [0.25, 0.3) is 5.56 Å². The molecule has 1 aromatic carbocycles. The number of rotatable bonds is 3. The Morgan fingerprint density at radius 3 is 2.53 bits per heavy atom. The average molecular weight is 422 g/mol. The third kappa shape index (κ3) is 3.62. The molecule has 1 saturated heterocycles. The van der Waals surface area contributed by atoms with Crippen LogP contribution in [0.15, 0.2) is 47.4 Å². The zero-order valence-corrected chi connectivity index (χ0v) is 17.3. The van der Waals surface area contributed by atoms with Gasteiger partial charge in [0.05, 0.1) is 17.3 Å². The molecule has 30 heavy (non-hydrogen) atoms. The minimum atomic E-state index is -0.382. The molecular weight excluding hydrogens is 402 g/mol. The number of carbonyl (C=O) groups is 1. The number of hydrogen-bond donors (Lipinski definition) is 0. The van der Waals surface area contributed by atoms with Gasteiger partial charge in [0, 0.05) is 44.7 Å². The third-order valence-corrected chi connectivity index (χ3v) is 5.58. The summed E-state index contributed by atoms with van der Waals surface area (Å²) < 4.78 is 1.52. The first-order valence-electron chi connectivity index (χ1n) is 9.66. The number of halogens is 1. The van der Waals surface area contributed by atoms with Gasteiger partial charge in [0.1, 0.15) is 17.3 Å². The fourth-order valence-corrected chi connectivity index (χ4v) is 4.03. The number of anilines is 1. The standard InChI is InChI=1S/C22H20ClN5O2/c1-15(29)26-7-9-27(10-8-26)20-18-11-17(23)13-25-21(18)28(22(30)19(20)12-24)14-16-5-3-2-4-6-16/h2-6,11,13H,7-10,14H2,1H3. The van der Waals surface area contributed by atoms with E-state index in [9.17, 15) is 14.9 Å². The molecular formula is C22H20ClN5O2. The van der Waals surface area contributed by atoms with E-state index in [4.69, 9.17) is 11.6 Å². The molecule has 3 heterocycles. The van der Waals surface area contributed by atoms with Crippen molar-refractivity contribution in [1.82, 2.24) is 14.5 Å². The molecule has 1 fully saturated rings. The summed E-state index contributed by atoms with van der Waals surface area (Å²) in [4.78, 5) is 33.2. The van der Waals surface area contributed by atoms with Crippen molar-refractivity contribution >= 4 is 34.2 Å². The van der Waals surface area contributed by atoms with Crippen LogP contribution in [0, 0.1) is 11.3 Å². The SMILES string of the molecule is CC(=O)N1CCN(c2c(C#N)c(=O)n(Cc3ccccc3)c3ncc(Cl)cc23)CC1. The summed E-state index contributed by atoms with van der Waals surface area (Å²) >= 11 is 6.24. The summed E-state index contributed by atoms with van der Waals surface area (Å²) in [5.74, 6) is 0.0167. The smallest absolute Gasteiger partial charge is 0.272 e. The highest BCUT2D eigenvalue weighted by Crippen LogP contribution is 2.30. The Hall–Kier alpha value is -3.37. The fourth-order valence-electron chi connectivity index (χ4n) is 3.88. The van der Waals surface area contributed by atoms with Crippen LogP contribution < -0.4 is 10.5 Å². The van der Waals surface area contributed by atoms with E-state index in [0.717, 1.165) is 5.56 Å². The Morgan fingerprint density at radius 2 is 1.90 bits per heavy atom. The van der Waals surface area contributed by atoms with Gasteiger partial charge in [-0.25, -0.2) is 4.98 Å². The van der Waals surface area contributed by atoms with Crippen LogP contribution in [0.1, 0.15) is 18.1 Å². The summed E-state index contributed by atoms with van der Waals surface area (Å²) in [6.45, 7) is 3.96. The normalized spacial score (nSPS) is 14.0. The molecule has 2 aromatic heterocycles. The lowest BCUT2D eigenvalue weighted by atomic mass is 10.1. The number of benzene rings is 1. The van der Waals surface area contributed by atoms with Crippen LogP contribution in [0.5, 0.6) is 0 Å². The van der Waals surface area contributed by atoms with E-state index in [-0.39, 0.29) is 17.0 Å². The maximum atomic E-state index is 13.3. The summed E-state index contributed by atoms with van der Waals surface area (Å²) in [7, 11) is 0. The number of amides is 1. The number of aromatic nitrogens is 2. The molecule has 4 rings (SSSR count). The molecule has 0 unspecified atom stereocenters. The Labute approximate surface area is 178 Å². The zero-order valence-electron chi connectivity index (χ0n) is 16.5. The van der Waals surface area contributed by atoms with Crippen LogP contribution in [-0.4, -0.2) is 46.5 Å². The van der Waals surface area contributed by atoms with E-state index < -0.39 is 0 Å². The van der Waals surface area contributed by atoms with Crippen molar-refractivity contribution in [3.05, 3.63) is 69.1 Å². The first-order valence-corrected chi connectivity index (χ1v) is 10.0. The maximum absolute atomic E-state index is 13.3. The minimum absolute atomic E-state index is 0.0167. The van der Waals surface area contributed by atoms with Crippen LogP contribution in [0.2, 0.25) is 5.02 Å². The number of hydrogen-bond acceptors (Lipinski definition) is 5. The topological polar surface area (TPSA) is 82.2 Å². The monoisotopic (exact) mass is 421 g/mol. The molecule has 0 aliphatic carbocycles. The highest BCUT2D eigenvalue weighted by Gasteiger charge is 2.26. The Balaban J connectivity index is 1.88. The van der Waals surface area contributed by atoms with Gasteiger partial charge in [0.2, 0.25) is 5.91 Å². The van der Waals surface area contributed by atoms with Crippen molar-refractivity contribution in [3.63, 3.8) is 0 Å². The van der Waals surface area contributed by atoms with Crippen molar-refractivity contribution in [1.29, 1.82) is 5.26 Å². The zero-order chi connectivity index (χ0) is 21.3. The highest BCUT2D eigenvalue weighted by atomic mass is 35.5. The van der Waals surface area contributed by atoms with E-state index in [2.05, 4.69) is 11.1 Å². The van der Waals surface area contributed by atoms with E-state index in [1.807, 2.05) is 35.2 Å². The molecule has 152 valence electrons. The maximum Gasteiger partial charge on any atom is 0.272 e. The molecule has 0 radical (unpaired) electrons. The predicted molar refractivity (Wildman–Crippen MR) is 116 cm³/mol. The van der Waals surface area contributed by atoms with Crippen LogP contribution in [0.25, 0.3) is 11.0 Å². The Bertz CT molecular complexity index is 1210. The average Bonchev–Trinajstić information content (AvgIpc) is 2.76. The molecule has 0 saturated carbocycles. The van der Waals surface area contributed by atoms with Gasteiger partial charge in [-0.3, -0.25) is 14.2 Å². The largest absolute Gasteiger partial charge is 0.366 e. The lowest BCUT2D eigenvalue weighted by Crippen LogP contribution is -2.48. The van der Waals surface area contributed by atoms with Gasteiger partial charge in [-0.1, -0.05) is 41.9 Å². The fraction of sp³-hybridized carbons (Fsp3) is 0.273. The quantitative estimate of drug-likeness (QED) is 0.649. The molecule has 7 nitrogen and oxygen atoms in total. The summed E-state index contributed by atoms with van der Waals surface area (Å²) in [5, 5.41) is 11.0. The van der Waals surface area contributed by atoms with Crippen LogP contribution in [0.3, 0.4) is 0 Å². The minimum Gasteiger partial charge on any atom is -0.366 e. The molecule has 0 spiro atoms. The van der Waals surface area contributed by atoms with Gasteiger partial charge < -0.3 is 9.80 Å². The second-order valence-electron chi connectivity index (χ2n) is 7.23. The van der Waals surface area contributed by atoms with Crippen molar-refractivity contribution < 1.29 is 4.79 Å². The summed E-state index contributed by atoms with van der Waals surface area (Å²) in [5.41, 5.74) is 1.65. The molecule has 0 bridgehead atoms. The van der Waals surface area contributed by atoms with Crippen LogP contribution >= 0.6 is 11.6 Å². The van der Waals surface area contributed by atoms with Crippen LogP contribution in [-0.2, 0) is 11.3 Å². The van der Waals surface area contributed by atoms with Gasteiger partial charge in [-0.15, -0.1) is 0 Å². The molecule has 1 amide bonds.